The summed E-state index contributed by atoms with van der Waals surface area (Å²) in [5, 5.41) is 15.1. The number of rotatable bonds is 12. The smallest absolute Gasteiger partial charge is 0.0705 e. The molecule has 0 fully saturated rings. The minimum Gasteiger partial charge on any atom is -0.262 e. The molecule has 15 aromatic carbocycles. The third kappa shape index (κ3) is 14.7. The Morgan fingerprint density at radius 2 is 0.425 bits per heavy atom. The zero-order chi connectivity index (χ0) is 81.2. The van der Waals surface area contributed by atoms with Gasteiger partial charge in [-0.25, -0.2) is 0 Å². The van der Waals surface area contributed by atoms with Crippen LogP contribution in [-0.4, -0.2) is 29.9 Å². The predicted octanol–water partition coefficient (Wildman–Crippen LogP) is 30.2. The maximum absolute atomic E-state index is 4.72. The first-order valence-corrected chi connectivity index (χ1v) is 41.0. The minimum atomic E-state index is 0.993. The van der Waals surface area contributed by atoms with Crippen LogP contribution in [0.25, 0.3) is 199 Å². The molecule has 21 aromatic rings. The lowest BCUT2D eigenvalue weighted by Crippen LogP contribution is -1.93. The molecule has 0 aliphatic heterocycles. The Morgan fingerprint density at radius 1 is 0.150 bits per heavy atom. The molecule has 21 rings (SSSR count). The van der Waals surface area contributed by atoms with Crippen molar-refractivity contribution in [1.82, 2.24) is 29.9 Å². The normalized spacial score (nSPS) is 11.2. The van der Waals surface area contributed by atoms with Gasteiger partial charge in [-0.15, -0.1) is 0 Å². The second-order valence-electron chi connectivity index (χ2n) is 31.0. The highest BCUT2D eigenvalue weighted by molar-refractivity contribution is 6.24. The van der Waals surface area contributed by atoms with Gasteiger partial charge in [-0.3, -0.25) is 29.9 Å². The molecular formula is C114H84N6. The van der Waals surface area contributed by atoms with Gasteiger partial charge >= 0.3 is 0 Å². The van der Waals surface area contributed by atoms with Crippen LogP contribution in [0.5, 0.6) is 0 Å². The Balaban J connectivity index is 0.000000119. The molecular weight excluding hydrogens is 1450 g/mol. The van der Waals surface area contributed by atoms with Gasteiger partial charge in [0.25, 0.3) is 0 Å². The number of aromatic nitrogens is 6. The van der Waals surface area contributed by atoms with E-state index in [1.54, 1.807) is 0 Å². The molecule has 6 aromatic heterocycles. The highest BCUT2D eigenvalue weighted by atomic mass is 14.7. The Bertz CT molecular complexity index is 7110. The highest BCUT2D eigenvalue weighted by Crippen LogP contribution is 2.49. The van der Waals surface area contributed by atoms with E-state index in [1.165, 1.54) is 181 Å². The first-order chi connectivity index (χ1) is 59.0. The van der Waals surface area contributed by atoms with Crippen LogP contribution in [0.4, 0.5) is 0 Å². The lowest BCUT2D eigenvalue weighted by atomic mass is 9.84. The van der Waals surface area contributed by atoms with E-state index in [0.29, 0.717) is 0 Å². The quantitative estimate of drug-likeness (QED) is 0.113. The molecule has 0 N–H and O–H groups in total. The van der Waals surface area contributed by atoms with Gasteiger partial charge in [0, 0.05) is 70.5 Å². The van der Waals surface area contributed by atoms with Crippen LogP contribution in [0.2, 0.25) is 0 Å². The zero-order valence-electron chi connectivity index (χ0n) is 67.8. The van der Waals surface area contributed by atoms with E-state index in [2.05, 4.69) is 378 Å². The molecule has 0 bridgehead atoms. The van der Waals surface area contributed by atoms with E-state index in [0.717, 1.165) is 51.0 Å². The summed E-state index contributed by atoms with van der Waals surface area (Å²) >= 11 is 0. The molecule has 0 radical (unpaired) electrons. The lowest BCUT2D eigenvalue weighted by molar-refractivity contribution is 1.20. The molecule has 570 valence electrons. The van der Waals surface area contributed by atoms with Crippen LogP contribution in [0.1, 0.15) is 33.9 Å². The van der Waals surface area contributed by atoms with Gasteiger partial charge in [0.2, 0.25) is 0 Å². The second kappa shape index (κ2) is 32.8. The zero-order valence-corrected chi connectivity index (χ0v) is 67.8. The summed E-state index contributed by atoms with van der Waals surface area (Å²) in [4.78, 5) is 26.9. The summed E-state index contributed by atoms with van der Waals surface area (Å²) in [6.45, 7) is 12.5. The van der Waals surface area contributed by atoms with Crippen LogP contribution in [0.3, 0.4) is 0 Å². The van der Waals surface area contributed by atoms with E-state index < -0.39 is 0 Å². The first-order valence-electron chi connectivity index (χ1n) is 41.0. The monoisotopic (exact) mass is 1540 g/mol. The number of nitrogens with zero attached hydrogens (tertiary/aromatic N) is 6. The van der Waals surface area contributed by atoms with Crippen molar-refractivity contribution < 1.29 is 0 Å². The molecule has 120 heavy (non-hydrogen) atoms. The SMILES string of the molecule is Cc1cc(-c2ccc(-c3c4ccccc4c(-c4ccc(-c5cccc(C)n5)cc4)c4ccccc34)cc2)ccn1.Cc1cc(-c2ccc(-c3c4ccccc4c(-c4ccc(-c5ccccn5)c(C)c4)c4ccccc34)cc2)ccn1.Cc1cc(-c2ccc(-c3c4ccccc4c(-c4ccc(-c5ccccn5)cc4C)c4ccccc34)cc2)ccn1. The predicted molar refractivity (Wildman–Crippen MR) is 505 cm³/mol. The number of pyridine rings is 6. The fraction of sp³-hybridized carbons (Fsp3) is 0.0526. The van der Waals surface area contributed by atoms with Gasteiger partial charge in [-0.05, 0) is 296 Å². The summed E-state index contributed by atoms with van der Waals surface area (Å²) in [5.41, 5.74) is 35.1. The van der Waals surface area contributed by atoms with Gasteiger partial charge < -0.3 is 0 Å². The maximum atomic E-state index is 4.72. The molecule has 6 heterocycles. The van der Waals surface area contributed by atoms with E-state index in [4.69, 9.17) is 4.98 Å². The molecule has 0 aliphatic rings. The van der Waals surface area contributed by atoms with Crippen LogP contribution < -0.4 is 0 Å². The fourth-order valence-corrected chi connectivity index (χ4v) is 17.7. The van der Waals surface area contributed by atoms with E-state index in [1.807, 2.05) is 89.0 Å². The molecule has 6 heteroatoms. The summed E-state index contributed by atoms with van der Waals surface area (Å²) in [6.07, 6.45) is 9.34. The average molecular weight is 1540 g/mol. The van der Waals surface area contributed by atoms with Gasteiger partial charge in [-0.1, -0.05) is 291 Å². The largest absolute Gasteiger partial charge is 0.262 e. The van der Waals surface area contributed by atoms with Crippen molar-refractivity contribution in [2.45, 2.75) is 41.5 Å². The van der Waals surface area contributed by atoms with Gasteiger partial charge in [0.05, 0.1) is 17.1 Å². The molecule has 0 unspecified atom stereocenters. The Kier molecular flexibility index (Phi) is 20.5. The number of hydrogen-bond acceptors (Lipinski definition) is 6. The Labute approximate surface area is 700 Å². The Hall–Kier alpha value is -15.2. The highest BCUT2D eigenvalue weighted by Gasteiger charge is 2.23. The van der Waals surface area contributed by atoms with Crippen molar-refractivity contribution >= 4 is 64.6 Å². The molecule has 0 saturated heterocycles. The van der Waals surface area contributed by atoms with Crippen molar-refractivity contribution in [2.75, 3.05) is 0 Å². The number of fused-ring (bicyclic) bond motifs is 6. The molecule has 0 spiro atoms. The maximum Gasteiger partial charge on any atom is 0.0705 e. The topological polar surface area (TPSA) is 77.3 Å². The summed E-state index contributed by atoms with van der Waals surface area (Å²) < 4.78 is 0. The van der Waals surface area contributed by atoms with Crippen molar-refractivity contribution in [3.8, 4) is 134 Å². The molecule has 0 aliphatic carbocycles. The van der Waals surface area contributed by atoms with Crippen LogP contribution in [0, 0.1) is 41.5 Å². The summed E-state index contributed by atoms with van der Waals surface area (Å²) in [6, 6.07) is 133. The lowest BCUT2D eigenvalue weighted by Gasteiger charge is -2.19. The van der Waals surface area contributed by atoms with Crippen molar-refractivity contribution in [3.63, 3.8) is 0 Å². The summed E-state index contributed by atoms with van der Waals surface area (Å²) in [7, 11) is 0. The summed E-state index contributed by atoms with van der Waals surface area (Å²) in [5.74, 6) is 0. The standard InChI is InChI=1S/3C38H28N2/c1-25-8-7-13-36(40-25)28-16-20-30(21-17-28)38-34-11-5-3-9-32(34)37(33-10-4-6-12-35(33)38)29-18-14-27(15-19-29)31-22-23-39-26(2)24-31;1-25-23-30(18-19-31(25)36-13-7-8-21-40-36)38-34-11-5-3-9-32(34)37(33-10-4-6-12-35(33)38)28-16-14-27(15-17-28)29-20-22-39-26(2)24-29;1-25-23-30(36-13-7-8-21-40-36)18-19-31(25)38-34-11-5-3-9-32(34)37(33-10-4-6-12-35(33)38)28-16-14-27(15-17-28)29-20-22-39-26(2)24-29/h3*3-24H,1-2H3. The van der Waals surface area contributed by atoms with Crippen molar-refractivity contribution in [3.05, 3.63) is 435 Å². The number of hydrogen-bond donors (Lipinski definition) is 0. The number of aryl methyl sites for hydroxylation is 6. The average Bonchev–Trinajstić information content (AvgIpc) is 0.737. The van der Waals surface area contributed by atoms with Crippen LogP contribution >= 0.6 is 0 Å². The third-order valence-electron chi connectivity index (χ3n) is 23.3. The van der Waals surface area contributed by atoms with Crippen molar-refractivity contribution in [2.24, 2.45) is 0 Å². The van der Waals surface area contributed by atoms with Gasteiger partial charge in [0.1, 0.15) is 0 Å². The van der Waals surface area contributed by atoms with E-state index in [-0.39, 0.29) is 0 Å². The first kappa shape index (κ1) is 74.8. The van der Waals surface area contributed by atoms with Crippen molar-refractivity contribution in [1.29, 1.82) is 0 Å². The van der Waals surface area contributed by atoms with E-state index in [9.17, 15) is 0 Å². The Morgan fingerprint density at radius 3 is 0.750 bits per heavy atom. The fourth-order valence-electron chi connectivity index (χ4n) is 17.7. The van der Waals surface area contributed by atoms with E-state index >= 15 is 0 Å². The van der Waals surface area contributed by atoms with Gasteiger partial charge in [-0.2, -0.15) is 0 Å². The third-order valence-corrected chi connectivity index (χ3v) is 23.3. The minimum absolute atomic E-state index is 0.993. The van der Waals surface area contributed by atoms with Crippen LogP contribution in [-0.2, 0) is 0 Å². The molecule has 0 atom stereocenters. The van der Waals surface area contributed by atoms with Crippen LogP contribution in [0.15, 0.2) is 401 Å². The number of benzene rings is 15. The van der Waals surface area contributed by atoms with Gasteiger partial charge in [0.15, 0.2) is 0 Å². The second-order valence-corrected chi connectivity index (χ2v) is 31.0. The molecule has 6 nitrogen and oxygen atoms in total. The molecule has 0 amide bonds. The molecule has 0 saturated carbocycles.